The minimum Gasteiger partial charge on any atom is -0.327 e. The molecule has 0 amide bonds. The lowest BCUT2D eigenvalue weighted by molar-refractivity contribution is 0.0888. The first kappa shape index (κ1) is 16.1. The van der Waals surface area contributed by atoms with Crippen LogP contribution in [0.4, 0.5) is 8.78 Å². The molecule has 1 saturated heterocycles. The van der Waals surface area contributed by atoms with Crippen molar-refractivity contribution in [3.8, 4) is 5.69 Å². The van der Waals surface area contributed by atoms with Gasteiger partial charge < -0.3 is 5.73 Å². The molecule has 1 unspecified atom stereocenters. The lowest BCUT2D eigenvalue weighted by Crippen LogP contribution is -2.52. The van der Waals surface area contributed by atoms with Gasteiger partial charge in [0.1, 0.15) is 11.5 Å². The Hall–Kier alpha value is -1.79. The fraction of sp³-hybridized carbons (Fsp3) is 0.471. The molecule has 0 bridgehead atoms. The summed E-state index contributed by atoms with van der Waals surface area (Å²) in [5, 5.41) is 4.41. The van der Waals surface area contributed by atoms with Gasteiger partial charge in [-0.15, -0.1) is 0 Å². The Bertz CT molecular complexity index is 696. The average Bonchev–Trinajstić information content (AvgIpc) is 2.91. The van der Waals surface area contributed by atoms with Gasteiger partial charge in [0, 0.05) is 37.9 Å². The van der Waals surface area contributed by atoms with Crippen LogP contribution in [0.5, 0.6) is 0 Å². The zero-order chi connectivity index (χ0) is 16.6. The number of hydrogen-bond donors (Lipinski definition) is 1. The van der Waals surface area contributed by atoms with Gasteiger partial charge in [-0.25, -0.2) is 13.5 Å². The number of nitrogens with zero attached hydrogens (tertiary/aromatic N) is 3. The summed E-state index contributed by atoms with van der Waals surface area (Å²) in [4.78, 5) is 2.32. The average molecular weight is 320 g/mol. The van der Waals surface area contributed by atoms with Crippen LogP contribution >= 0.6 is 0 Å². The lowest BCUT2D eigenvalue weighted by Gasteiger charge is -2.42. The summed E-state index contributed by atoms with van der Waals surface area (Å²) >= 11 is 0. The van der Waals surface area contributed by atoms with E-state index in [1.807, 2.05) is 6.07 Å². The number of hydrogen-bond acceptors (Lipinski definition) is 3. The number of benzene rings is 1. The normalized spacial score (nSPS) is 21.5. The van der Waals surface area contributed by atoms with Crippen molar-refractivity contribution in [2.24, 2.45) is 11.1 Å². The third kappa shape index (κ3) is 3.43. The highest BCUT2D eigenvalue weighted by Gasteiger charge is 2.33. The van der Waals surface area contributed by atoms with Crippen LogP contribution in [0.15, 0.2) is 30.5 Å². The fourth-order valence-corrected chi connectivity index (χ4v) is 3.10. The molecule has 2 heterocycles. The predicted molar refractivity (Wildman–Crippen MR) is 85.1 cm³/mol. The van der Waals surface area contributed by atoms with Crippen molar-refractivity contribution in [1.82, 2.24) is 14.7 Å². The highest BCUT2D eigenvalue weighted by atomic mass is 19.1. The smallest absolute Gasteiger partial charge is 0.151 e. The molecule has 2 N–H and O–H groups in total. The predicted octanol–water partition coefficient (Wildman–Crippen LogP) is 2.71. The second-order valence-electron chi connectivity index (χ2n) is 6.94. The van der Waals surface area contributed by atoms with Gasteiger partial charge in [0.2, 0.25) is 0 Å². The maximum atomic E-state index is 13.8. The Morgan fingerprint density at radius 1 is 1.30 bits per heavy atom. The van der Waals surface area contributed by atoms with E-state index in [0.29, 0.717) is 6.54 Å². The molecule has 4 nitrogen and oxygen atoms in total. The second-order valence-corrected chi connectivity index (χ2v) is 6.94. The van der Waals surface area contributed by atoms with E-state index in [9.17, 15) is 8.78 Å². The molecular formula is C17H22F2N4. The first-order valence-corrected chi connectivity index (χ1v) is 7.83. The maximum Gasteiger partial charge on any atom is 0.151 e. The minimum absolute atomic E-state index is 0.0733. The summed E-state index contributed by atoms with van der Waals surface area (Å²) in [6.45, 7) is 6.90. The van der Waals surface area contributed by atoms with Crippen LogP contribution in [0, 0.1) is 17.0 Å². The Kier molecular flexibility index (Phi) is 4.21. The van der Waals surface area contributed by atoms with Gasteiger partial charge in [-0.3, -0.25) is 4.90 Å². The number of piperidine rings is 1. The third-order valence-corrected chi connectivity index (χ3v) is 4.58. The van der Waals surface area contributed by atoms with E-state index in [1.165, 1.54) is 16.8 Å². The van der Waals surface area contributed by atoms with Crippen LogP contribution in [0.2, 0.25) is 0 Å². The van der Waals surface area contributed by atoms with Crippen LogP contribution in [0.3, 0.4) is 0 Å². The Labute approximate surface area is 134 Å². The van der Waals surface area contributed by atoms with Gasteiger partial charge in [0.05, 0.1) is 5.69 Å². The number of likely N-dealkylation sites (tertiary alicyclic amines) is 1. The molecule has 0 spiro atoms. The highest BCUT2D eigenvalue weighted by Crippen LogP contribution is 2.28. The van der Waals surface area contributed by atoms with E-state index in [1.54, 1.807) is 6.20 Å². The van der Waals surface area contributed by atoms with Gasteiger partial charge in [0.25, 0.3) is 0 Å². The lowest BCUT2D eigenvalue weighted by atomic mass is 9.80. The molecule has 1 aliphatic rings. The molecule has 6 heteroatoms. The molecule has 124 valence electrons. The third-order valence-electron chi connectivity index (χ3n) is 4.58. The molecule has 1 fully saturated rings. The van der Waals surface area contributed by atoms with E-state index in [2.05, 4.69) is 23.8 Å². The van der Waals surface area contributed by atoms with Gasteiger partial charge >= 0.3 is 0 Å². The Morgan fingerprint density at radius 2 is 2.09 bits per heavy atom. The van der Waals surface area contributed by atoms with E-state index in [4.69, 9.17) is 5.73 Å². The molecule has 3 rings (SSSR count). The maximum absolute atomic E-state index is 13.8. The van der Waals surface area contributed by atoms with E-state index in [0.717, 1.165) is 31.3 Å². The number of rotatable bonds is 3. The molecule has 1 atom stereocenters. The monoisotopic (exact) mass is 320 g/mol. The molecular weight excluding hydrogens is 298 g/mol. The topological polar surface area (TPSA) is 47.1 Å². The van der Waals surface area contributed by atoms with E-state index < -0.39 is 11.6 Å². The molecule has 0 saturated carbocycles. The summed E-state index contributed by atoms with van der Waals surface area (Å²) in [5.74, 6) is -1.21. The largest absolute Gasteiger partial charge is 0.327 e. The van der Waals surface area contributed by atoms with Crippen LogP contribution in [-0.2, 0) is 6.54 Å². The van der Waals surface area contributed by atoms with Gasteiger partial charge in [-0.1, -0.05) is 13.8 Å². The highest BCUT2D eigenvalue weighted by molar-refractivity contribution is 5.33. The zero-order valence-corrected chi connectivity index (χ0v) is 13.5. The fourth-order valence-electron chi connectivity index (χ4n) is 3.10. The second kappa shape index (κ2) is 6.02. The van der Waals surface area contributed by atoms with Crippen molar-refractivity contribution >= 4 is 0 Å². The van der Waals surface area contributed by atoms with Gasteiger partial charge in [0.15, 0.2) is 5.82 Å². The molecule has 0 aliphatic carbocycles. The SMILES string of the molecule is CC1(C)CN(Cc2ccn(-c3ccc(F)cc3F)n2)CCC1N. The van der Waals surface area contributed by atoms with Crippen molar-refractivity contribution < 1.29 is 8.78 Å². The molecule has 1 aliphatic heterocycles. The molecule has 1 aromatic heterocycles. The summed E-state index contributed by atoms with van der Waals surface area (Å²) in [7, 11) is 0. The van der Waals surface area contributed by atoms with Crippen LogP contribution < -0.4 is 5.73 Å². The zero-order valence-electron chi connectivity index (χ0n) is 13.5. The summed E-state index contributed by atoms with van der Waals surface area (Å²) in [5.41, 5.74) is 7.34. The van der Waals surface area contributed by atoms with Crippen molar-refractivity contribution in [2.75, 3.05) is 13.1 Å². The van der Waals surface area contributed by atoms with E-state index in [-0.39, 0.29) is 17.1 Å². The minimum atomic E-state index is -0.621. The van der Waals surface area contributed by atoms with Crippen molar-refractivity contribution in [3.63, 3.8) is 0 Å². The van der Waals surface area contributed by atoms with Crippen molar-refractivity contribution in [2.45, 2.75) is 32.9 Å². The molecule has 0 radical (unpaired) electrons. The van der Waals surface area contributed by atoms with Gasteiger partial charge in [-0.2, -0.15) is 5.10 Å². The quantitative estimate of drug-likeness (QED) is 0.946. The van der Waals surface area contributed by atoms with E-state index >= 15 is 0 Å². The molecule has 1 aromatic carbocycles. The Morgan fingerprint density at radius 3 is 2.78 bits per heavy atom. The Balaban J connectivity index is 1.73. The van der Waals surface area contributed by atoms with Crippen LogP contribution in [0.1, 0.15) is 26.0 Å². The molecule has 23 heavy (non-hydrogen) atoms. The van der Waals surface area contributed by atoms with Gasteiger partial charge in [-0.05, 0) is 30.0 Å². The van der Waals surface area contributed by atoms with Crippen molar-refractivity contribution in [1.29, 1.82) is 0 Å². The number of halogens is 2. The number of aromatic nitrogens is 2. The first-order chi connectivity index (χ1) is 10.8. The summed E-state index contributed by atoms with van der Waals surface area (Å²) < 4.78 is 28.3. The first-order valence-electron chi connectivity index (χ1n) is 7.83. The van der Waals surface area contributed by atoms with Crippen molar-refractivity contribution in [3.05, 3.63) is 47.8 Å². The van der Waals surface area contributed by atoms with Crippen LogP contribution in [-0.4, -0.2) is 33.8 Å². The standard InChI is InChI=1S/C17H22F2N4/c1-17(2)11-22(7-6-16(17)20)10-13-5-8-23(21-13)15-4-3-12(18)9-14(15)19/h3-5,8-9,16H,6-7,10-11,20H2,1-2H3. The summed E-state index contributed by atoms with van der Waals surface area (Å²) in [6.07, 6.45) is 2.66. The molecule has 2 aromatic rings. The summed E-state index contributed by atoms with van der Waals surface area (Å²) in [6, 6.07) is 5.57. The number of nitrogens with two attached hydrogens (primary N) is 1. The van der Waals surface area contributed by atoms with Crippen LogP contribution in [0.25, 0.3) is 5.69 Å².